The molecule has 0 saturated carbocycles. The second-order valence-electron chi connectivity index (χ2n) is 9.80. The number of amides is 1. The van der Waals surface area contributed by atoms with Crippen LogP contribution < -0.4 is 9.64 Å². The number of benzene rings is 2. The smallest absolute Gasteiger partial charge is 0.414 e. The van der Waals surface area contributed by atoms with Gasteiger partial charge in [0.1, 0.15) is 23.2 Å². The van der Waals surface area contributed by atoms with E-state index in [-0.39, 0.29) is 18.4 Å². The summed E-state index contributed by atoms with van der Waals surface area (Å²) < 4.78 is 39.0. The lowest BCUT2D eigenvalue weighted by molar-refractivity contribution is -0.0506. The lowest BCUT2D eigenvalue weighted by Gasteiger charge is -2.34. The minimum absolute atomic E-state index is 0.0108. The highest BCUT2D eigenvalue weighted by atomic mass is 19.3. The van der Waals surface area contributed by atoms with Gasteiger partial charge in [0.25, 0.3) is 0 Å². The first-order chi connectivity index (χ1) is 18.2. The van der Waals surface area contributed by atoms with Gasteiger partial charge in [-0.2, -0.15) is 8.78 Å². The number of aliphatic hydroxyl groups is 1. The Bertz CT molecular complexity index is 1550. The molecule has 4 aromatic rings. The minimum atomic E-state index is -3.02. The molecule has 4 heterocycles. The first-order valence-corrected chi connectivity index (χ1v) is 12.3. The highest BCUT2D eigenvalue weighted by Crippen LogP contribution is 2.55. The average Bonchev–Trinajstić information content (AvgIpc) is 3.39. The van der Waals surface area contributed by atoms with Crippen LogP contribution in [0.2, 0.25) is 0 Å². The Kier molecular flexibility index (Phi) is 5.56. The van der Waals surface area contributed by atoms with Gasteiger partial charge in [-0.25, -0.2) is 19.7 Å². The van der Waals surface area contributed by atoms with E-state index in [4.69, 9.17) is 14.5 Å². The Hall–Kier alpha value is -4.12. The molecule has 38 heavy (non-hydrogen) atoms. The summed E-state index contributed by atoms with van der Waals surface area (Å²) in [6.07, 6.45) is 3.17. The number of carbonyl (C=O) groups is 1. The predicted molar refractivity (Wildman–Crippen MR) is 134 cm³/mol. The van der Waals surface area contributed by atoms with Crippen molar-refractivity contribution in [2.75, 3.05) is 11.5 Å². The van der Waals surface area contributed by atoms with E-state index in [2.05, 4.69) is 9.97 Å². The standard InChI is InChI=1S/C27H25F2N5O4/c1-4-37-26(35)34-17-6-5-7-21(38-25(28)29)22(17)19-11-20(34)23-32-16-9-8-14(10-18(16)33(19)23)15-12-30-24(31-13-15)27(2,3)36/h5-10,12-13,19-20,25,36H,4,11H2,1-3H3/t19?,20-/m1/s1. The molecule has 6 rings (SSSR count). The number of halogens is 2. The van der Waals surface area contributed by atoms with Crippen molar-refractivity contribution in [1.29, 1.82) is 0 Å². The lowest BCUT2D eigenvalue weighted by Crippen LogP contribution is -2.37. The molecule has 1 N–H and O–H groups in total. The van der Waals surface area contributed by atoms with E-state index in [1.165, 1.54) is 11.0 Å². The van der Waals surface area contributed by atoms with E-state index in [1.54, 1.807) is 45.3 Å². The van der Waals surface area contributed by atoms with Crippen LogP contribution in [0.1, 0.15) is 56.5 Å². The average molecular weight is 522 g/mol. The number of fused-ring (bicyclic) bond motifs is 9. The molecule has 2 aromatic carbocycles. The van der Waals surface area contributed by atoms with Crippen molar-refractivity contribution in [3.05, 3.63) is 66.0 Å². The molecule has 2 bridgehead atoms. The van der Waals surface area contributed by atoms with Gasteiger partial charge in [-0.1, -0.05) is 12.1 Å². The lowest BCUT2D eigenvalue weighted by atomic mass is 9.93. The molecule has 11 heteroatoms. The zero-order valence-corrected chi connectivity index (χ0v) is 20.9. The highest BCUT2D eigenvalue weighted by Gasteiger charge is 2.48. The number of hydrogen-bond donors (Lipinski definition) is 1. The molecule has 0 fully saturated rings. The summed E-state index contributed by atoms with van der Waals surface area (Å²) in [5, 5.41) is 10.2. The molecule has 9 nitrogen and oxygen atoms in total. The zero-order valence-electron chi connectivity index (χ0n) is 20.9. The maximum Gasteiger partial charge on any atom is 0.414 e. The van der Waals surface area contributed by atoms with Crippen molar-refractivity contribution in [1.82, 2.24) is 19.5 Å². The number of ether oxygens (including phenoxy) is 2. The van der Waals surface area contributed by atoms with Crippen LogP contribution in [0.5, 0.6) is 5.75 Å². The Balaban J connectivity index is 1.51. The van der Waals surface area contributed by atoms with Crippen LogP contribution in [0.25, 0.3) is 22.2 Å². The highest BCUT2D eigenvalue weighted by molar-refractivity contribution is 5.93. The van der Waals surface area contributed by atoms with Crippen LogP contribution in [-0.4, -0.2) is 43.9 Å². The molecule has 2 aromatic heterocycles. The third kappa shape index (κ3) is 3.76. The van der Waals surface area contributed by atoms with E-state index in [9.17, 15) is 18.7 Å². The van der Waals surface area contributed by atoms with E-state index < -0.39 is 24.3 Å². The fraction of sp³-hybridized carbons (Fsp3) is 0.333. The zero-order chi connectivity index (χ0) is 26.8. The number of nitrogens with zero attached hydrogens (tertiary/aromatic N) is 5. The Labute approximate surface area is 216 Å². The summed E-state index contributed by atoms with van der Waals surface area (Å²) in [6, 6.07) is 9.69. The van der Waals surface area contributed by atoms with E-state index >= 15 is 0 Å². The Morgan fingerprint density at radius 1 is 1.16 bits per heavy atom. The van der Waals surface area contributed by atoms with Gasteiger partial charge in [0, 0.05) is 29.9 Å². The third-order valence-corrected chi connectivity index (χ3v) is 6.93. The third-order valence-electron chi connectivity index (χ3n) is 6.93. The number of hydrogen-bond acceptors (Lipinski definition) is 7. The maximum atomic E-state index is 13.4. The van der Waals surface area contributed by atoms with Crippen LogP contribution in [0.3, 0.4) is 0 Å². The van der Waals surface area contributed by atoms with Crippen molar-refractivity contribution < 1.29 is 28.2 Å². The SMILES string of the molecule is CCOC(=O)N1c2cccc(OC(F)F)c2C2C[C@@H]1c1nc3ccc(-c4cnc(C(C)(C)O)nc4)cc3n12. The van der Waals surface area contributed by atoms with Crippen LogP contribution in [-0.2, 0) is 10.3 Å². The van der Waals surface area contributed by atoms with Gasteiger partial charge in [-0.3, -0.25) is 4.90 Å². The van der Waals surface area contributed by atoms with Gasteiger partial charge in [0.2, 0.25) is 0 Å². The summed E-state index contributed by atoms with van der Waals surface area (Å²) in [5.74, 6) is 0.961. The summed E-state index contributed by atoms with van der Waals surface area (Å²) >= 11 is 0. The molecule has 1 unspecified atom stereocenters. The summed E-state index contributed by atoms with van der Waals surface area (Å²) in [7, 11) is 0. The van der Waals surface area contributed by atoms with E-state index in [1.807, 2.05) is 22.8 Å². The molecule has 0 aliphatic carbocycles. The van der Waals surface area contributed by atoms with E-state index in [0.717, 1.165) is 16.6 Å². The predicted octanol–water partition coefficient (Wildman–Crippen LogP) is 5.33. The molecule has 0 radical (unpaired) electrons. The fourth-order valence-electron chi connectivity index (χ4n) is 5.40. The second-order valence-corrected chi connectivity index (χ2v) is 9.80. The van der Waals surface area contributed by atoms with Crippen molar-refractivity contribution in [2.24, 2.45) is 0 Å². The minimum Gasteiger partial charge on any atom is -0.449 e. The number of anilines is 1. The number of rotatable bonds is 5. The van der Waals surface area contributed by atoms with Gasteiger partial charge < -0.3 is 19.1 Å². The Morgan fingerprint density at radius 3 is 2.61 bits per heavy atom. The van der Waals surface area contributed by atoms with Crippen molar-refractivity contribution in [3.8, 4) is 16.9 Å². The molecule has 0 spiro atoms. The van der Waals surface area contributed by atoms with Crippen molar-refractivity contribution >= 4 is 22.8 Å². The van der Waals surface area contributed by atoms with E-state index in [0.29, 0.717) is 34.8 Å². The summed E-state index contributed by atoms with van der Waals surface area (Å²) in [6.45, 7) is 2.10. The van der Waals surface area contributed by atoms with Crippen LogP contribution in [0.15, 0.2) is 48.8 Å². The molecular formula is C27H25F2N5O4. The molecule has 2 aliphatic heterocycles. The Morgan fingerprint density at radius 2 is 1.92 bits per heavy atom. The van der Waals surface area contributed by atoms with Gasteiger partial charge in [-0.05, 0) is 50.6 Å². The number of alkyl halides is 2. The normalized spacial score (nSPS) is 18.0. The number of aromatic nitrogens is 4. The fourth-order valence-corrected chi connectivity index (χ4v) is 5.40. The van der Waals surface area contributed by atoms with Gasteiger partial charge in [-0.15, -0.1) is 0 Å². The van der Waals surface area contributed by atoms with Crippen LogP contribution in [0, 0.1) is 0 Å². The topological polar surface area (TPSA) is 103 Å². The molecule has 196 valence electrons. The first kappa shape index (κ1) is 24.2. The van der Waals surface area contributed by atoms with Gasteiger partial charge in [0.15, 0.2) is 5.82 Å². The molecular weight excluding hydrogens is 496 g/mol. The monoisotopic (exact) mass is 521 g/mol. The van der Waals surface area contributed by atoms with Crippen molar-refractivity contribution in [2.45, 2.75) is 51.5 Å². The maximum absolute atomic E-state index is 13.4. The number of carbonyl (C=O) groups excluding carboxylic acids is 1. The van der Waals surface area contributed by atoms with Gasteiger partial charge in [0.05, 0.1) is 29.4 Å². The largest absolute Gasteiger partial charge is 0.449 e. The quantitative estimate of drug-likeness (QED) is 0.379. The number of imidazole rings is 1. The molecule has 2 aliphatic rings. The summed E-state index contributed by atoms with van der Waals surface area (Å²) in [4.78, 5) is 28.0. The van der Waals surface area contributed by atoms with Crippen LogP contribution >= 0.6 is 0 Å². The first-order valence-electron chi connectivity index (χ1n) is 12.3. The summed E-state index contributed by atoms with van der Waals surface area (Å²) in [5.41, 5.74) is 2.83. The van der Waals surface area contributed by atoms with Gasteiger partial charge >= 0.3 is 12.7 Å². The van der Waals surface area contributed by atoms with Crippen molar-refractivity contribution in [3.63, 3.8) is 0 Å². The molecule has 1 amide bonds. The second kappa shape index (κ2) is 8.73. The van der Waals surface area contributed by atoms with Crippen LogP contribution in [0.4, 0.5) is 19.3 Å². The molecule has 0 saturated heterocycles. The molecule has 2 atom stereocenters.